The fraction of sp³-hybridized carbons (Fsp3) is 0.292. The largest absolute Gasteiger partial charge is 0.228 e. The third-order valence-corrected chi connectivity index (χ3v) is 4.80. The van der Waals surface area contributed by atoms with Crippen LogP contribution in [0.3, 0.4) is 0 Å². The smallest absolute Gasteiger partial charge is 0.212 e. The van der Waals surface area contributed by atoms with Crippen molar-refractivity contribution < 1.29 is 4.39 Å². The maximum atomic E-state index is 12.9. The summed E-state index contributed by atoms with van der Waals surface area (Å²) in [5, 5.41) is 0. The van der Waals surface area contributed by atoms with Crippen molar-refractivity contribution in [2.24, 2.45) is 0 Å². The van der Waals surface area contributed by atoms with Crippen LogP contribution in [-0.2, 0) is 6.42 Å². The van der Waals surface area contributed by atoms with Crippen molar-refractivity contribution in [2.45, 2.75) is 45.4 Å². The quantitative estimate of drug-likeness (QED) is 0.314. The highest BCUT2D eigenvalue weighted by molar-refractivity contribution is 5.70. The number of pyridine rings is 1. The zero-order chi connectivity index (χ0) is 18.2. The lowest BCUT2D eigenvalue weighted by Gasteiger charge is -2.07. The summed E-state index contributed by atoms with van der Waals surface area (Å²) in [6.07, 6.45) is 9.34. The molecule has 0 N–H and O–H groups in total. The van der Waals surface area contributed by atoms with E-state index in [1.165, 1.54) is 61.3 Å². The number of hydrogen-bond acceptors (Lipinski definition) is 1. The number of aromatic nitrogens is 1. The van der Waals surface area contributed by atoms with Gasteiger partial charge in [0.2, 0.25) is 5.95 Å². The number of unbranched alkanes of at least 4 members (excludes halogenated alkanes) is 4. The SMILES string of the molecule is CCCCCCCc1ccc(-c2ccc(-c3ccc(F)nc3)cc2)cc1. The second-order valence-electron chi connectivity index (χ2n) is 6.81. The zero-order valence-electron chi connectivity index (χ0n) is 15.4. The molecule has 0 amide bonds. The fourth-order valence-electron chi connectivity index (χ4n) is 3.20. The molecule has 0 atom stereocenters. The van der Waals surface area contributed by atoms with Crippen molar-refractivity contribution in [1.82, 2.24) is 4.98 Å². The molecule has 0 unspecified atom stereocenters. The minimum atomic E-state index is -0.448. The molecule has 1 nitrogen and oxygen atoms in total. The van der Waals surface area contributed by atoms with Crippen molar-refractivity contribution in [3.8, 4) is 22.3 Å². The second-order valence-corrected chi connectivity index (χ2v) is 6.81. The third-order valence-electron chi connectivity index (χ3n) is 4.80. The minimum absolute atomic E-state index is 0.448. The van der Waals surface area contributed by atoms with E-state index in [4.69, 9.17) is 0 Å². The molecule has 3 rings (SSSR count). The molecule has 2 heteroatoms. The summed E-state index contributed by atoms with van der Waals surface area (Å²) in [5.41, 5.74) is 5.81. The van der Waals surface area contributed by atoms with Gasteiger partial charge in [-0.15, -0.1) is 0 Å². The van der Waals surface area contributed by atoms with Crippen molar-refractivity contribution in [3.05, 3.63) is 78.4 Å². The highest BCUT2D eigenvalue weighted by Gasteiger charge is 2.02. The summed E-state index contributed by atoms with van der Waals surface area (Å²) >= 11 is 0. The average molecular weight is 347 g/mol. The molecule has 26 heavy (non-hydrogen) atoms. The van der Waals surface area contributed by atoms with Gasteiger partial charge in [-0.2, -0.15) is 4.39 Å². The van der Waals surface area contributed by atoms with Crippen molar-refractivity contribution in [2.75, 3.05) is 0 Å². The summed E-state index contributed by atoms with van der Waals surface area (Å²) in [4.78, 5) is 3.72. The van der Waals surface area contributed by atoms with Gasteiger partial charge in [0.1, 0.15) is 0 Å². The van der Waals surface area contributed by atoms with Crippen LogP contribution in [0.5, 0.6) is 0 Å². The molecule has 0 saturated carbocycles. The first-order chi connectivity index (χ1) is 12.8. The van der Waals surface area contributed by atoms with Gasteiger partial charge in [0.05, 0.1) is 0 Å². The predicted octanol–water partition coefficient (Wildman–Crippen LogP) is 7.07. The van der Waals surface area contributed by atoms with E-state index in [0.29, 0.717) is 0 Å². The van der Waals surface area contributed by atoms with Gasteiger partial charge in [-0.3, -0.25) is 0 Å². The Morgan fingerprint density at radius 2 is 1.19 bits per heavy atom. The van der Waals surface area contributed by atoms with E-state index in [0.717, 1.165) is 11.1 Å². The Morgan fingerprint density at radius 1 is 0.654 bits per heavy atom. The number of halogens is 1. The molecule has 0 radical (unpaired) electrons. The van der Waals surface area contributed by atoms with Gasteiger partial charge < -0.3 is 0 Å². The Labute approximate surface area is 155 Å². The first kappa shape index (κ1) is 18.3. The van der Waals surface area contributed by atoms with Crippen molar-refractivity contribution >= 4 is 0 Å². The Morgan fingerprint density at radius 3 is 1.77 bits per heavy atom. The summed E-state index contributed by atoms with van der Waals surface area (Å²) in [6, 6.07) is 20.4. The highest BCUT2D eigenvalue weighted by Crippen LogP contribution is 2.25. The van der Waals surface area contributed by atoms with Crippen LogP contribution in [0.1, 0.15) is 44.6 Å². The normalized spacial score (nSPS) is 10.8. The van der Waals surface area contributed by atoms with Crippen LogP contribution in [0, 0.1) is 5.95 Å². The first-order valence-electron chi connectivity index (χ1n) is 9.57. The molecule has 134 valence electrons. The molecule has 0 aliphatic carbocycles. The van der Waals surface area contributed by atoms with Gasteiger partial charge >= 0.3 is 0 Å². The molecule has 0 bridgehead atoms. The molecule has 3 aromatic rings. The minimum Gasteiger partial charge on any atom is -0.228 e. The third kappa shape index (κ3) is 5.01. The maximum absolute atomic E-state index is 12.9. The van der Waals surface area contributed by atoms with Gasteiger partial charge in [-0.1, -0.05) is 81.1 Å². The Hall–Kier alpha value is -2.48. The highest BCUT2D eigenvalue weighted by atomic mass is 19.1. The lowest BCUT2D eigenvalue weighted by molar-refractivity contribution is 0.584. The number of aryl methyl sites for hydroxylation is 1. The van der Waals surface area contributed by atoms with Crippen LogP contribution in [0.4, 0.5) is 4.39 Å². The van der Waals surface area contributed by atoms with Crippen LogP contribution in [0.2, 0.25) is 0 Å². The summed E-state index contributed by atoms with van der Waals surface area (Å²) < 4.78 is 12.9. The number of nitrogens with zero attached hydrogens (tertiary/aromatic N) is 1. The van der Waals surface area contributed by atoms with E-state index in [1.807, 2.05) is 0 Å². The number of hydrogen-bond donors (Lipinski definition) is 0. The van der Waals surface area contributed by atoms with Gasteiger partial charge in [0.15, 0.2) is 0 Å². The van der Waals surface area contributed by atoms with E-state index < -0.39 is 5.95 Å². The van der Waals surface area contributed by atoms with Gasteiger partial charge in [0, 0.05) is 11.8 Å². The summed E-state index contributed by atoms with van der Waals surface area (Å²) in [5.74, 6) is -0.448. The van der Waals surface area contributed by atoms with E-state index >= 15 is 0 Å². The molecule has 0 aliphatic heterocycles. The predicted molar refractivity (Wildman–Crippen MR) is 108 cm³/mol. The molecule has 0 saturated heterocycles. The monoisotopic (exact) mass is 347 g/mol. The van der Waals surface area contributed by atoms with Gasteiger partial charge in [-0.25, -0.2) is 4.98 Å². The standard InChI is InChI=1S/C24H26FN/c1-2-3-4-5-6-7-19-8-10-20(11-9-19)21-12-14-22(15-13-21)23-16-17-24(25)26-18-23/h8-18H,2-7H2,1H3. The maximum Gasteiger partial charge on any atom is 0.212 e. The molecule has 0 fully saturated rings. The van der Waals surface area contributed by atoms with Crippen molar-refractivity contribution in [1.29, 1.82) is 0 Å². The Bertz CT molecular complexity index is 789. The lowest BCUT2D eigenvalue weighted by Crippen LogP contribution is -1.87. The van der Waals surface area contributed by atoms with E-state index in [2.05, 4.69) is 60.4 Å². The molecular formula is C24H26FN. The van der Waals surface area contributed by atoms with E-state index in [9.17, 15) is 4.39 Å². The lowest BCUT2D eigenvalue weighted by atomic mass is 9.99. The fourth-order valence-corrected chi connectivity index (χ4v) is 3.20. The van der Waals surface area contributed by atoms with E-state index in [-0.39, 0.29) is 0 Å². The summed E-state index contributed by atoms with van der Waals surface area (Å²) in [6.45, 7) is 2.25. The molecule has 0 spiro atoms. The molecular weight excluding hydrogens is 321 g/mol. The van der Waals surface area contributed by atoms with Crippen LogP contribution >= 0.6 is 0 Å². The van der Waals surface area contributed by atoms with E-state index in [1.54, 1.807) is 12.3 Å². The Kier molecular flexibility index (Phi) is 6.54. The molecule has 1 heterocycles. The van der Waals surface area contributed by atoms with Crippen molar-refractivity contribution in [3.63, 3.8) is 0 Å². The van der Waals surface area contributed by atoms with Crippen LogP contribution < -0.4 is 0 Å². The first-order valence-corrected chi connectivity index (χ1v) is 9.57. The second kappa shape index (κ2) is 9.28. The summed E-state index contributed by atoms with van der Waals surface area (Å²) in [7, 11) is 0. The van der Waals surface area contributed by atoms with Gasteiger partial charge in [0.25, 0.3) is 0 Å². The van der Waals surface area contributed by atoms with Crippen LogP contribution in [0.25, 0.3) is 22.3 Å². The number of rotatable bonds is 8. The zero-order valence-corrected chi connectivity index (χ0v) is 15.4. The average Bonchev–Trinajstić information content (AvgIpc) is 2.69. The topological polar surface area (TPSA) is 12.9 Å². The van der Waals surface area contributed by atoms with Crippen LogP contribution in [0.15, 0.2) is 66.9 Å². The van der Waals surface area contributed by atoms with Crippen LogP contribution in [-0.4, -0.2) is 4.98 Å². The molecule has 2 aromatic carbocycles. The number of benzene rings is 2. The molecule has 0 aliphatic rings. The Balaban J connectivity index is 1.61. The molecule has 1 aromatic heterocycles. The van der Waals surface area contributed by atoms with Gasteiger partial charge in [-0.05, 0) is 47.2 Å².